The van der Waals surface area contributed by atoms with Crippen LogP contribution in [0.5, 0.6) is 5.75 Å². The lowest BCUT2D eigenvalue weighted by Crippen LogP contribution is -2.29. The summed E-state index contributed by atoms with van der Waals surface area (Å²) in [5, 5.41) is 24.2. The van der Waals surface area contributed by atoms with Gasteiger partial charge in [-0.1, -0.05) is 30.3 Å². The van der Waals surface area contributed by atoms with Gasteiger partial charge in [-0.3, -0.25) is 14.5 Å². The maximum atomic E-state index is 13.9. The van der Waals surface area contributed by atoms with Crippen LogP contribution in [0, 0.1) is 12.7 Å². The number of nitrogens with zero attached hydrogens (tertiary/aromatic N) is 1. The molecule has 37 heavy (non-hydrogen) atoms. The van der Waals surface area contributed by atoms with Crippen molar-refractivity contribution in [2.75, 3.05) is 10.2 Å². The predicted octanol–water partition coefficient (Wildman–Crippen LogP) is 6.21. The average molecular weight is 495 g/mol. The number of aromatic hydroxyl groups is 1. The molecule has 0 spiro atoms. The maximum absolute atomic E-state index is 13.9. The monoisotopic (exact) mass is 494 g/mol. The Morgan fingerprint density at radius 3 is 2.16 bits per heavy atom. The number of carbonyl (C=O) groups excluding carboxylic acids is 2. The number of aliphatic hydroxyl groups excluding tert-OH is 1. The molecule has 0 aliphatic carbocycles. The summed E-state index contributed by atoms with van der Waals surface area (Å²) < 4.78 is 13.9. The van der Waals surface area contributed by atoms with Crippen LogP contribution in [-0.2, 0) is 9.59 Å². The zero-order valence-corrected chi connectivity index (χ0v) is 19.9. The molecule has 1 fully saturated rings. The molecule has 1 aliphatic rings. The number of phenols is 1. The van der Waals surface area contributed by atoms with Crippen LogP contribution >= 0.6 is 0 Å². The van der Waals surface area contributed by atoms with Gasteiger partial charge in [0.1, 0.15) is 17.3 Å². The highest BCUT2D eigenvalue weighted by molar-refractivity contribution is 6.51. The van der Waals surface area contributed by atoms with Crippen LogP contribution in [0.25, 0.3) is 5.76 Å². The third kappa shape index (κ3) is 4.54. The number of rotatable bonds is 5. The Morgan fingerprint density at radius 1 is 0.865 bits per heavy atom. The zero-order valence-electron chi connectivity index (χ0n) is 19.9. The van der Waals surface area contributed by atoms with Crippen molar-refractivity contribution in [1.82, 2.24) is 0 Å². The van der Waals surface area contributed by atoms with E-state index in [2.05, 4.69) is 5.32 Å². The van der Waals surface area contributed by atoms with Crippen molar-refractivity contribution >= 4 is 34.5 Å². The zero-order chi connectivity index (χ0) is 26.1. The molecule has 1 unspecified atom stereocenters. The van der Waals surface area contributed by atoms with Crippen molar-refractivity contribution in [3.8, 4) is 5.75 Å². The number of Topliss-reactive ketones (excluding diaryl/α,β-unsaturated/α-hetero) is 1. The lowest BCUT2D eigenvalue weighted by Gasteiger charge is -2.25. The average Bonchev–Trinajstić information content (AvgIpc) is 3.17. The van der Waals surface area contributed by atoms with Crippen molar-refractivity contribution in [3.63, 3.8) is 0 Å². The van der Waals surface area contributed by atoms with Crippen LogP contribution in [0.2, 0.25) is 0 Å². The van der Waals surface area contributed by atoms with Gasteiger partial charge in [0.05, 0.1) is 11.6 Å². The van der Waals surface area contributed by atoms with E-state index in [1.165, 1.54) is 35.2 Å². The number of para-hydroxylation sites is 1. The summed E-state index contributed by atoms with van der Waals surface area (Å²) in [5.74, 6) is -2.49. The van der Waals surface area contributed by atoms with Gasteiger partial charge in [0.2, 0.25) is 0 Å². The fourth-order valence-electron chi connectivity index (χ4n) is 4.41. The second-order valence-corrected chi connectivity index (χ2v) is 8.76. The summed E-state index contributed by atoms with van der Waals surface area (Å²) in [4.78, 5) is 27.9. The van der Waals surface area contributed by atoms with Crippen LogP contribution in [-0.4, -0.2) is 21.9 Å². The number of halogens is 1. The number of hydrogen-bond donors (Lipinski definition) is 3. The van der Waals surface area contributed by atoms with Gasteiger partial charge in [0, 0.05) is 22.6 Å². The van der Waals surface area contributed by atoms with Crippen LogP contribution in [0.3, 0.4) is 0 Å². The SMILES string of the molecule is Cc1cc(/C(O)=C2/C(=O)C(=O)N(c3ccc(Nc4ccccc4)cc3)C2c2ccc(O)cc2)ccc1F. The van der Waals surface area contributed by atoms with E-state index in [9.17, 15) is 24.2 Å². The van der Waals surface area contributed by atoms with Gasteiger partial charge in [-0.2, -0.15) is 0 Å². The number of benzene rings is 4. The van der Waals surface area contributed by atoms with Gasteiger partial charge < -0.3 is 15.5 Å². The lowest BCUT2D eigenvalue weighted by molar-refractivity contribution is -0.132. The smallest absolute Gasteiger partial charge is 0.300 e. The molecule has 0 radical (unpaired) electrons. The number of ketones is 1. The molecule has 6 nitrogen and oxygen atoms in total. The van der Waals surface area contributed by atoms with E-state index in [1.807, 2.05) is 30.3 Å². The number of anilines is 3. The van der Waals surface area contributed by atoms with Crippen molar-refractivity contribution in [2.45, 2.75) is 13.0 Å². The van der Waals surface area contributed by atoms with E-state index >= 15 is 0 Å². The lowest BCUT2D eigenvalue weighted by atomic mass is 9.94. The van der Waals surface area contributed by atoms with Crippen molar-refractivity contribution in [1.29, 1.82) is 0 Å². The van der Waals surface area contributed by atoms with Gasteiger partial charge in [0.15, 0.2) is 0 Å². The van der Waals surface area contributed by atoms with Crippen molar-refractivity contribution in [3.05, 3.63) is 125 Å². The van der Waals surface area contributed by atoms with Crippen LogP contribution in [0.1, 0.15) is 22.7 Å². The second-order valence-electron chi connectivity index (χ2n) is 8.76. The molecule has 4 aromatic carbocycles. The first-order valence-corrected chi connectivity index (χ1v) is 11.6. The number of nitrogens with one attached hydrogen (secondary N) is 1. The van der Waals surface area contributed by atoms with E-state index in [0.29, 0.717) is 16.8 Å². The molecule has 0 bridgehead atoms. The Bertz CT molecular complexity index is 1510. The minimum absolute atomic E-state index is 0.0196. The van der Waals surface area contributed by atoms with Crippen LogP contribution in [0.15, 0.2) is 103 Å². The van der Waals surface area contributed by atoms with Crippen LogP contribution in [0.4, 0.5) is 21.5 Å². The molecule has 1 atom stereocenters. The molecule has 1 aliphatic heterocycles. The van der Waals surface area contributed by atoms with E-state index < -0.39 is 29.3 Å². The summed E-state index contributed by atoms with van der Waals surface area (Å²) >= 11 is 0. The normalized spacial score (nSPS) is 16.7. The first-order chi connectivity index (χ1) is 17.8. The molecule has 0 saturated carbocycles. The molecular weight excluding hydrogens is 471 g/mol. The van der Waals surface area contributed by atoms with E-state index in [-0.39, 0.29) is 16.9 Å². The quantitative estimate of drug-likeness (QED) is 0.174. The number of aryl methyl sites for hydroxylation is 1. The summed E-state index contributed by atoms with van der Waals surface area (Å²) in [7, 11) is 0. The Morgan fingerprint density at radius 2 is 1.51 bits per heavy atom. The predicted molar refractivity (Wildman–Crippen MR) is 140 cm³/mol. The first-order valence-electron chi connectivity index (χ1n) is 11.6. The molecule has 1 saturated heterocycles. The van der Waals surface area contributed by atoms with Crippen molar-refractivity contribution in [2.24, 2.45) is 0 Å². The second kappa shape index (κ2) is 9.62. The highest BCUT2D eigenvalue weighted by atomic mass is 19.1. The Balaban J connectivity index is 1.59. The standard InChI is InChI=1S/C30H23FN2O4/c1-18-17-20(9-16-25(18)31)28(35)26-27(19-7-14-24(34)15-8-19)33(30(37)29(26)36)23-12-10-22(11-13-23)32-21-5-3-2-4-6-21/h2-17,27,32,34-35H,1H3/b28-26-. The molecule has 7 heteroatoms. The summed E-state index contributed by atoms with van der Waals surface area (Å²) in [6, 6.07) is 25.7. The highest BCUT2D eigenvalue weighted by Gasteiger charge is 2.47. The topological polar surface area (TPSA) is 89.9 Å². The number of aliphatic hydroxyl groups is 1. The Hall–Kier alpha value is -4.91. The van der Waals surface area contributed by atoms with Gasteiger partial charge in [0.25, 0.3) is 11.7 Å². The Kier molecular flexibility index (Phi) is 6.19. The van der Waals surface area contributed by atoms with Gasteiger partial charge >= 0.3 is 0 Å². The highest BCUT2D eigenvalue weighted by Crippen LogP contribution is 2.42. The third-order valence-electron chi connectivity index (χ3n) is 6.29. The number of amides is 1. The summed E-state index contributed by atoms with van der Waals surface area (Å²) in [6.07, 6.45) is 0. The van der Waals surface area contributed by atoms with E-state index in [4.69, 9.17) is 0 Å². The molecule has 184 valence electrons. The first kappa shape index (κ1) is 23.8. The van der Waals surface area contributed by atoms with E-state index in [0.717, 1.165) is 11.4 Å². The molecule has 5 rings (SSSR count). The third-order valence-corrected chi connectivity index (χ3v) is 6.29. The molecular formula is C30H23FN2O4. The fraction of sp³-hybridized carbons (Fsp3) is 0.0667. The van der Waals surface area contributed by atoms with Crippen LogP contribution < -0.4 is 10.2 Å². The Labute approximate surface area is 212 Å². The summed E-state index contributed by atoms with van der Waals surface area (Å²) in [6.45, 7) is 1.55. The molecule has 3 N–H and O–H groups in total. The van der Waals surface area contributed by atoms with Gasteiger partial charge in [-0.25, -0.2) is 4.39 Å². The molecule has 1 heterocycles. The summed E-state index contributed by atoms with van der Waals surface area (Å²) in [5.41, 5.74) is 3.05. The molecule has 1 amide bonds. The minimum Gasteiger partial charge on any atom is -0.508 e. The number of phenolic OH excluding ortho intramolecular Hbond substituents is 1. The minimum atomic E-state index is -0.959. The number of hydrogen-bond acceptors (Lipinski definition) is 5. The molecule has 4 aromatic rings. The van der Waals surface area contributed by atoms with Crippen molar-refractivity contribution < 1.29 is 24.2 Å². The molecule has 0 aromatic heterocycles. The van der Waals surface area contributed by atoms with Gasteiger partial charge in [-0.15, -0.1) is 0 Å². The number of carbonyl (C=O) groups is 2. The maximum Gasteiger partial charge on any atom is 0.300 e. The fourth-order valence-corrected chi connectivity index (χ4v) is 4.41. The van der Waals surface area contributed by atoms with E-state index in [1.54, 1.807) is 43.3 Å². The largest absolute Gasteiger partial charge is 0.508 e. The van der Waals surface area contributed by atoms with Gasteiger partial charge in [-0.05, 0) is 84.8 Å².